The molecule has 0 unspecified atom stereocenters. The van der Waals surface area contributed by atoms with Crippen LogP contribution in [-0.4, -0.2) is 32.7 Å². The van der Waals surface area contributed by atoms with Crippen molar-refractivity contribution in [3.63, 3.8) is 0 Å². The first-order chi connectivity index (χ1) is 13.6. The van der Waals surface area contributed by atoms with Crippen LogP contribution >= 0.6 is 0 Å². The minimum absolute atomic E-state index is 0.0217. The molecule has 6 nitrogen and oxygen atoms in total. The van der Waals surface area contributed by atoms with Gasteiger partial charge in [0.15, 0.2) is 0 Å². The van der Waals surface area contributed by atoms with Crippen molar-refractivity contribution in [1.29, 1.82) is 0 Å². The van der Waals surface area contributed by atoms with E-state index in [1.165, 1.54) is 24.3 Å². The average Bonchev–Trinajstić information content (AvgIpc) is 2.64. The van der Waals surface area contributed by atoms with Crippen LogP contribution in [0.15, 0.2) is 48.5 Å². The van der Waals surface area contributed by atoms with Crippen molar-refractivity contribution in [3.8, 4) is 5.75 Å². The minimum Gasteiger partial charge on any atom is -0.491 e. The summed E-state index contributed by atoms with van der Waals surface area (Å²) in [6, 6.07) is 11.7. The van der Waals surface area contributed by atoms with Crippen molar-refractivity contribution in [1.82, 2.24) is 5.32 Å². The summed E-state index contributed by atoms with van der Waals surface area (Å²) in [5.41, 5.74) is 0.660. The number of amides is 1. The molecule has 1 amide bonds. The van der Waals surface area contributed by atoms with Gasteiger partial charge in [-0.15, -0.1) is 0 Å². The number of nitrogens with zero attached hydrogens (tertiary/aromatic N) is 1. The van der Waals surface area contributed by atoms with Crippen LogP contribution in [0.25, 0.3) is 0 Å². The predicted molar refractivity (Wildman–Crippen MR) is 112 cm³/mol. The van der Waals surface area contributed by atoms with Crippen molar-refractivity contribution in [2.24, 2.45) is 0 Å². The quantitative estimate of drug-likeness (QED) is 0.671. The van der Waals surface area contributed by atoms with Gasteiger partial charge in [0.2, 0.25) is 15.9 Å². The largest absolute Gasteiger partial charge is 0.491 e. The van der Waals surface area contributed by atoms with E-state index in [2.05, 4.69) is 5.32 Å². The van der Waals surface area contributed by atoms with Crippen LogP contribution in [0.3, 0.4) is 0 Å². The molecule has 29 heavy (non-hydrogen) atoms. The highest BCUT2D eigenvalue weighted by Gasteiger charge is 2.32. The fourth-order valence-corrected chi connectivity index (χ4v) is 4.19. The van der Waals surface area contributed by atoms with Gasteiger partial charge in [-0.2, -0.15) is 0 Å². The lowest BCUT2D eigenvalue weighted by atomic mass is 10.1. The number of hydrogen-bond acceptors (Lipinski definition) is 4. The Morgan fingerprint density at radius 3 is 2.45 bits per heavy atom. The van der Waals surface area contributed by atoms with Gasteiger partial charge in [0, 0.05) is 6.54 Å². The smallest absolute Gasteiger partial charge is 0.244 e. The molecule has 0 saturated carbocycles. The van der Waals surface area contributed by atoms with Crippen LogP contribution in [0.5, 0.6) is 5.75 Å². The zero-order valence-corrected chi connectivity index (χ0v) is 17.9. The molecule has 2 aromatic rings. The van der Waals surface area contributed by atoms with Gasteiger partial charge in [0.25, 0.3) is 0 Å². The number of carbonyl (C=O) groups is 1. The molecule has 1 atom stereocenters. The summed E-state index contributed by atoms with van der Waals surface area (Å²) in [4.78, 5) is 12.8. The molecular weight excluding hydrogens is 395 g/mol. The monoisotopic (exact) mass is 422 g/mol. The summed E-state index contributed by atoms with van der Waals surface area (Å²) in [7, 11) is -3.89. The molecule has 0 aliphatic rings. The SMILES string of the molecule is CC[C@H](C(=O)NCc1cccc(OC(C)C)c1)N(c1ccccc1F)S(C)(=O)=O. The molecule has 0 aromatic heterocycles. The maximum atomic E-state index is 14.3. The molecule has 1 N–H and O–H groups in total. The summed E-state index contributed by atoms with van der Waals surface area (Å²) >= 11 is 0. The number of rotatable bonds is 9. The lowest BCUT2D eigenvalue weighted by molar-refractivity contribution is -0.122. The topological polar surface area (TPSA) is 75.7 Å². The third-order valence-corrected chi connectivity index (χ3v) is 5.32. The molecule has 0 heterocycles. The van der Waals surface area contributed by atoms with Crippen LogP contribution < -0.4 is 14.4 Å². The zero-order valence-electron chi connectivity index (χ0n) is 17.1. The molecule has 0 saturated heterocycles. The van der Waals surface area contributed by atoms with Crippen LogP contribution in [0.4, 0.5) is 10.1 Å². The number of carbonyl (C=O) groups excluding carboxylic acids is 1. The van der Waals surface area contributed by atoms with Gasteiger partial charge in [-0.3, -0.25) is 9.10 Å². The Hall–Kier alpha value is -2.61. The van der Waals surface area contributed by atoms with Gasteiger partial charge < -0.3 is 10.1 Å². The fourth-order valence-electron chi connectivity index (χ4n) is 2.97. The number of ether oxygens (including phenoxy) is 1. The molecule has 0 spiro atoms. The summed E-state index contributed by atoms with van der Waals surface area (Å²) in [5, 5.41) is 2.75. The van der Waals surface area contributed by atoms with E-state index < -0.39 is 27.8 Å². The van der Waals surface area contributed by atoms with Gasteiger partial charge >= 0.3 is 0 Å². The standard InChI is InChI=1S/C21H27FN2O4S/c1-5-19(24(29(4,26)27)20-12-7-6-11-18(20)22)21(25)23-14-16-9-8-10-17(13-16)28-15(2)3/h6-13,15,19H,5,14H2,1-4H3,(H,23,25)/t19-/m1/s1. The number of halogens is 1. The van der Waals surface area contributed by atoms with E-state index in [9.17, 15) is 17.6 Å². The lowest BCUT2D eigenvalue weighted by Gasteiger charge is -2.30. The van der Waals surface area contributed by atoms with E-state index in [4.69, 9.17) is 4.74 Å². The van der Waals surface area contributed by atoms with E-state index in [0.717, 1.165) is 16.1 Å². The number of nitrogens with one attached hydrogen (secondary N) is 1. The van der Waals surface area contributed by atoms with Crippen molar-refractivity contribution < 1.29 is 22.3 Å². The molecule has 158 valence electrons. The summed E-state index contributed by atoms with van der Waals surface area (Å²) in [5.74, 6) is -0.526. The molecule has 0 bridgehead atoms. The summed E-state index contributed by atoms with van der Waals surface area (Å²) < 4.78 is 45.5. The molecule has 2 rings (SSSR count). The summed E-state index contributed by atoms with van der Waals surface area (Å²) in [6.07, 6.45) is 1.17. The number of anilines is 1. The third-order valence-electron chi connectivity index (χ3n) is 4.16. The van der Waals surface area contributed by atoms with Gasteiger partial charge in [-0.1, -0.05) is 31.2 Å². The average molecular weight is 423 g/mol. The van der Waals surface area contributed by atoms with Crippen molar-refractivity contribution in [2.45, 2.75) is 45.9 Å². The van der Waals surface area contributed by atoms with E-state index in [1.807, 2.05) is 38.1 Å². The Morgan fingerprint density at radius 1 is 1.17 bits per heavy atom. The normalized spacial score (nSPS) is 12.5. The van der Waals surface area contributed by atoms with Gasteiger partial charge in [-0.25, -0.2) is 12.8 Å². The van der Waals surface area contributed by atoms with Gasteiger partial charge in [0.05, 0.1) is 18.0 Å². The second-order valence-electron chi connectivity index (χ2n) is 6.97. The molecule has 0 fully saturated rings. The first-order valence-corrected chi connectivity index (χ1v) is 11.3. The maximum Gasteiger partial charge on any atom is 0.244 e. The van der Waals surface area contributed by atoms with Gasteiger partial charge in [-0.05, 0) is 50.1 Å². The number of hydrogen-bond donors (Lipinski definition) is 1. The van der Waals surface area contributed by atoms with Crippen LogP contribution in [-0.2, 0) is 21.4 Å². The first-order valence-electron chi connectivity index (χ1n) is 9.40. The molecule has 0 aliphatic carbocycles. The second-order valence-corrected chi connectivity index (χ2v) is 8.83. The highest BCUT2D eigenvalue weighted by Crippen LogP contribution is 2.25. The maximum absolute atomic E-state index is 14.3. The highest BCUT2D eigenvalue weighted by molar-refractivity contribution is 7.92. The second kappa shape index (κ2) is 9.73. The molecule has 8 heteroatoms. The Labute approximate surface area is 171 Å². The Bertz CT molecular complexity index is 947. The van der Waals surface area contributed by atoms with Gasteiger partial charge in [0.1, 0.15) is 17.6 Å². The van der Waals surface area contributed by atoms with E-state index in [-0.39, 0.29) is 24.8 Å². The molecule has 2 aromatic carbocycles. The van der Waals surface area contributed by atoms with E-state index in [1.54, 1.807) is 6.92 Å². The van der Waals surface area contributed by atoms with Crippen molar-refractivity contribution in [2.75, 3.05) is 10.6 Å². The Kier molecular flexibility index (Phi) is 7.61. The predicted octanol–water partition coefficient (Wildman–Crippen LogP) is 3.47. The number of benzene rings is 2. The lowest BCUT2D eigenvalue weighted by Crippen LogP contribution is -2.49. The molecule has 0 aliphatic heterocycles. The van der Waals surface area contributed by atoms with Crippen molar-refractivity contribution in [3.05, 3.63) is 59.9 Å². The molecule has 0 radical (unpaired) electrons. The highest BCUT2D eigenvalue weighted by atomic mass is 32.2. The zero-order chi connectivity index (χ0) is 21.6. The third kappa shape index (κ3) is 6.19. The number of para-hydroxylation sites is 1. The Morgan fingerprint density at radius 2 is 1.86 bits per heavy atom. The minimum atomic E-state index is -3.89. The van der Waals surface area contributed by atoms with Crippen LogP contribution in [0.2, 0.25) is 0 Å². The van der Waals surface area contributed by atoms with E-state index in [0.29, 0.717) is 5.75 Å². The Balaban J connectivity index is 2.21. The van der Waals surface area contributed by atoms with Crippen molar-refractivity contribution >= 4 is 21.6 Å². The van der Waals surface area contributed by atoms with Crippen LogP contribution in [0.1, 0.15) is 32.8 Å². The fraction of sp³-hybridized carbons (Fsp3) is 0.381. The summed E-state index contributed by atoms with van der Waals surface area (Å²) in [6.45, 7) is 5.71. The number of sulfonamides is 1. The van der Waals surface area contributed by atoms with Crippen LogP contribution in [0, 0.1) is 5.82 Å². The first kappa shape index (κ1) is 22.7. The van der Waals surface area contributed by atoms with E-state index >= 15 is 0 Å². The molecular formula is C21H27FN2O4S.